The summed E-state index contributed by atoms with van der Waals surface area (Å²) >= 11 is 0. The van der Waals surface area contributed by atoms with Crippen molar-refractivity contribution in [2.24, 2.45) is 0 Å². The van der Waals surface area contributed by atoms with E-state index in [1.54, 1.807) is 0 Å². The van der Waals surface area contributed by atoms with E-state index >= 15 is 0 Å². The zero-order valence-corrected chi connectivity index (χ0v) is 6.40. The molecule has 0 amide bonds. The minimum Gasteiger partial charge on any atom is -0.370 e. The maximum absolute atomic E-state index is 5.61. The van der Waals surface area contributed by atoms with Gasteiger partial charge in [-0.25, -0.2) is 0 Å². The molecule has 1 heterocycles. The third kappa shape index (κ3) is 1.95. The lowest BCUT2D eigenvalue weighted by molar-refractivity contribution is -0.0853. The summed E-state index contributed by atoms with van der Waals surface area (Å²) in [6.07, 6.45) is 0.369. The van der Waals surface area contributed by atoms with E-state index in [2.05, 4.69) is 26.1 Å². The van der Waals surface area contributed by atoms with Crippen LogP contribution in [0, 0.1) is 0 Å². The van der Waals surface area contributed by atoms with Crippen LogP contribution in [0.2, 0.25) is 0 Å². The lowest BCUT2D eigenvalue weighted by Gasteiger charge is -2.34. The average molecular weight is 129 g/mol. The van der Waals surface area contributed by atoms with E-state index in [0.717, 1.165) is 13.1 Å². The van der Waals surface area contributed by atoms with Crippen molar-refractivity contribution in [3.05, 3.63) is 0 Å². The van der Waals surface area contributed by atoms with Gasteiger partial charge in [-0.3, -0.25) is 0 Å². The van der Waals surface area contributed by atoms with Gasteiger partial charge in [0.1, 0.15) is 0 Å². The normalized spacial score (nSPS) is 34.3. The van der Waals surface area contributed by atoms with Crippen molar-refractivity contribution in [2.75, 3.05) is 13.1 Å². The molecule has 2 nitrogen and oxygen atoms in total. The van der Waals surface area contributed by atoms with Crippen LogP contribution in [0.4, 0.5) is 0 Å². The van der Waals surface area contributed by atoms with Gasteiger partial charge in [0.25, 0.3) is 0 Å². The number of rotatable bonds is 0. The summed E-state index contributed by atoms with van der Waals surface area (Å²) < 4.78 is 5.61. The second kappa shape index (κ2) is 2.27. The highest BCUT2D eigenvalue weighted by Crippen LogP contribution is 2.13. The summed E-state index contributed by atoms with van der Waals surface area (Å²) in [4.78, 5) is 0. The lowest BCUT2D eigenvalue weighted by atomic mass is 10.1. The predicted octanol–water partition coefficient (Wildman–Crippen LogP) is 0.773. The third-order valence-electron chi connectivity index (χ3n) is 1.50. The molecule has 9 heavy (non-hydrogen) atoms. The fraction of sp³-hybridized carbons (Fsp3) is 1.00. The first-order valence-electron chi connectivity index (χ1n) is 3.49. The highest BCUT2D eigenvalue weighted by Gasteiger charge is 2.25. The van der Waals surface area contributed by atoms with Crippen LogP contribution in [0.5, 0.6) is 0 Å². The molecule has 1 aliphatic rings. The molecular weight excluding hydrogens is 114 g/mol. The average Bonchev–Trinajstić information content (AvgIpc) is 1.60. The first-order valence-corrected chi connectivity index (χ1v) is 3.49. The monoisotopic (exact) mass is 129 g/mol. The number of nitrogens with one attached hydrogen (secondary N) is 1. The minimum absolute atomic E-state index is 0.0394. The standard InChI is InChI=1S/C7H15NO/c1-6-4-8-5-7(2,3)9-6/h6,8H,4-5H2,1-3H3/t6-/m1/s1. The summed E-state index contributed by atoms with van der Waals surface area (Å²) in [7, 11) is 0. The topological polar surface area (TPSA) is 21.3 Å². The summed E-state index contributed by atoms with van der Waals surface area (Å²) in [5.74, 6) is 0. The van der Waals surface area contributed by atoms with Gasteiger partial charge < -0.3 is 10.1 Å². The van der Waals surface area contributed by atoms with Gasteiger partial charge in [0, 0.05) is 13.1 Å². The molecule has 1 aliphatic heterocycles. The molecule has 0 aliphatic carbocycles. The molecule has 1 N–H and O–H groups in total. The number of hydrogen-bond acceptors (Lipinski definition) is 2. The lowest BCUT2D eigenvalue weighted by Crippen LogP contribution is -2.49. The second-order valence-electron chi connectivity index (χ2n) is 3.32. The van der Waals surface area contributed by atoms with Crippen LogP contribution in [0.3, 0.4) is 0 Å². The van der Waals surface area contributed by atoms with E-state index in [4.69, 9.17) is 4.74 Å². The Labute approximate surface area is 56.6 Å². The summed E-state index contributed by atoms with van der Waals surface area (Å²) in [5.41, 5.74) is 0.0394. The van der Waals surface area contributed by atoms with E-state index in [9.17, 15) is 0 Å². The molecule has 1 fully saturated rings. The molecule has 0 bridgehead atoms. The van der Waals surface area contributed by atoms with Crippen LogP contribution in [-0.2, 0) is 4.74 Å². The number of morpholine rings is 1. The highest BCUT2D eigenvalue weighted by molar-refractivity contribution is 4.78. The molecule has 0 unspecified atom stereocenters. The maximum atomic E-state index is 5.61. The summed E-state index contributed by atoms with van der Waals surface area (Å²) in [5, 5.41) is 3.30. The first-order chi connectivity index (χ1) is 4.10. The van der Waals surface area contributed by atoms with Crippen molar-refractivity contribution in [3.63, 3.8) is 0 Å². The Balaban J connectivity index is 2.41. The minimum atomic E-state index is 0.0394. The molecule has 54 valence electrons. The van der Waals surface area contributed by atoms with Gasteiger partial charge >= 0.3 is 0 Å². The van der Waals surface area contributed by atoms with Crippen LogP contribution < -0.4 is 5.32 Å². The number of ether oxygens (including phenoxy) is 1. The Kier molecular flexibility index (Phi) is 1.78. The van der Waals surface area contributed by atoms with Gasteiger partial charge in [-0.2, -0.15) is 0 Å². The van der Waals surface area contributed by atoms with E-state index in [-0.39, 0.29) is 5.60 Å². The SMILES string of the molecule is C[C@@H]1CNCC(C)(C)O1. The Morgan fingerprint density at radius 3 is 2.56 bits per heavy atom. The van der Waals surface area contributed by atoms with Crippen molar-refractivity contribution in [1.82, 2.24) is 5.32 Å². The van der Waals surface area contributed by atoms with Gasteiger partial charge in [0.05, 0.1) is 11.7 Å². The predicted molar refractivity (Wildman–Crippen MR) is 37.5 cm³/mol. The second-order valence-corrected chi connectivity index (χ2v) is 3.32. The quantitative estimate of drug-likeness (QED) is 0.521. The zero-order chi connectivity index (χ0) is 6.91. The fourth-order valence-corrected chi connectivity index (χ4v) is 1.20. The van der Waals surface area contributed by atoms with Gasteiger partial charge in [-0.05, 0) is 20.8 Å². The largest absolute Gasteiger partial charge is 0.370 e. The molecule has 0 aromatic carbocycles. The molecule has 0 radical (unpaired) electrons. The van der Waals surface area contributed by atoms with Gasteiger partial charge in [0.15, 0.2) is 0 Å². The smallest absolute Gasteiger partial charge is 0.0754 e. The third-order valence-corrected chi connectivity index (χ3v) is 1.50. The highest BCUT2D eigenvalue weighted by atomic mass is 16.5. The van der Waals surface area contributed by atoms with Crippen LogP contribution in [0.1, 0.15) is 20.8 Å². The van der Waals surface area contributed by atoms with Gasteiger partial charge in [-0.1, -0.05) is 0 Å². The summed E-state index contributed by atoms with van der Waals surface area (Å²) in [6, 6.07) is 0. The Morgan fingerprint density at radius 1 is 1.56 bits per heavy atom. The van der Waals surface area contributed by atoms with E-state index in [1.807, 2.05) is 0 Å². The van der Waals surface area contributed by atoms with Crippen LogP contribution >= 0.6 is 0 Å². The molecule has 1 atom stereocenters. The van der Waals surface area contributed by atoms with Crippen molar-refractivity contribution in [2.45, 2.75) is 32.5 Å². The van der Waals surface area contributed by atoms with E-state index in [0.29, 0.717) is 6.10 Å². The zero-order valence-electron chi connectivity index (χ0n) is 6.40. The number of hydrogen-bond donors (Lipinski definition) is 1. The van der Waals surface area contributed by atoms with Crippen LogP contribution in [0.25, 0.3) is 0 Å². The van der Waals surface area contributed by atoms with E-state index < -0.39 is 0 Å². The van der Waals surface area contributed by atoms with Gasteiger partial charge in [0.2, 0.25) is 0 Å². The van der Waals surface area contributed by atoms with E-state index in [1.165, 1.54) is 0 Å². The molecule has 0 saturated carbocycles. The van der Waals surface area contributed by atoms with Crippen molar-refractivity contribution >= 4 is 0 Å². The molecule has 2 heteroatoms. The Morgan fingerprint density at radius 2 is 2.22 bits per heavy atom. The van der Waals surface area contributed by atoms with Gasteiger partial charge in [-0.15, -0.1) is 0 Å². The van der Waals surface area contributed by atoms with Crippen LogP contribution in [-0.4, -0.2) is 24.8 Å². The summed E-state index contributed by atoms with van der Waals surface area (Å²) in [6.45, 7) is 8.26. The fourth-order valence-electron chi connectivity index (χ4n) is 1.20. The molecule has 0 aromatic heterocycles. The Bertz CT molecular complexity index is 101. The molecular formula is C7H15NO. The maximum Gasteiger partial charge on any atom is 0.0754 e. The van der Waals surface area contributed by atoms with Crippen molar-refractivity contribution < 1.29 is 4.74 Å². The van der Waals surface area contributed by atoms with Crippen LogP contribution in [0.15, 0.2) is 0 Å². The molecule has 0 aromatic rings. The molecule has 1 saturated heterocycles. The molecule has 0 spiro atoms. The van der Waals surface area contributed by atoms with Crippen molar-refractivity contribution in [3.8, 4) is 0 Å². The molecule has 1 rings (SSSR count). The Hall–Kier alpha value is -0.0800. The first kappa shape index (κ1) is 7.03. The van der Waals surface area contributed by atoms with Crippen molar-refractivity contribution in [1.29, 1.82) is 0 Å².